The van der Waals surface area contributed by atoms with Crippen molar-refractivity contribution in [3.8, 4) is 11.5 Å². The lowest BCUT2D eigenvalue weighted by Gasteiger charge is -2.31. The van der Waals surface area contributed by atoms with Gasteiger partial charge in [0.25, 0.3) is 0 Å². The molecule has 3 rings (SSSR count). The minimum atomic E-state index is -0.618. The van der Waals surface area contributed by atoms with Crippen LogP contribution < -0.4 is 9.47 Å². The van der Waals surface area contributed by atoms with Gasteiger partial charge in [0.05, 0.1) is 25.7 Å². The molecule has 6 heteroatoms. The molecular formula is C22H31NO5. The van der Waals surface area contributed by atoms with Gasteiger partial charge >= 0.3 is 6.09 Å². The van der Waals surface area contributed by atoms with Crippen LogP contribution in [0, 0.1) is 5.41 Å². The van der Waals surface area contributed by atoms with Gasteiger partial charge in [0.1, 0.15) is 5.78 Å². The van der Waals surface area contributed by atoms with Crippen molar-refractivity contribution in [2.75, 3.05) is 27.3 Å². The fourth-order valence-corrected chi connectivity index (χ4v) is 4.75. The fraction of sp³-hybridized carbons (Fsp3) is 0.636. The van der Waals surface area contributed by atoms with Gasteiger partial charge < -0.3 is 19.1 Å². The van der Waals surface area contributed by atoms with E-state index in [1.165, 1.54) is 20.0 Å². The predicted octanol–water partition coefficient (Wildman–Crippen LogP) is 4.17. The number of benzene rings is 1. The van der Waals surface area contributed by atoms with Crippen molar-refractivity contribution in [2.24, 2.45) is 5.41 Å². The number of carbonyl (C=O) groups is 2. The molecule has 2 fully saturated rings. The zero-order valence-electron chi connectivity index (χ0n) is 17.3. The Morgan fingerprint density at radius 3 is 2.46 bits per heavy atom. The molecule has 2 atom stereocenters. The second kappa shape index (κ2) is 8.41. The van der Waals surface area contributed by atoms with Gasteiger partial charge in [-0.1, -0.05) is 13.0 Å². The molecule has 2 aliphatic rings. The van der Waals surface area contributed by atoms with E-state index in [2.05, 4.69) is 0 Å². The SMILES string of the molecule is CC[C@@]1(C(C)=O)CN(C(=O)OC)C[C@H]1c1ccc(OC)c(OC2CCCC2)c1. The van der Waals surface area contributed by atoms with E-state index < -0.39 is 11.5 Å². The molecule has 1 amide bonds. The number of likely N-dealkylation sites (tertiary alicyclic amines) is 1. The number of carbonyl (C=O) groups excluding carboxylic acids is 2. The molecule has 1 heterocycles. The maximum atomic E-state index is 12.7. The summed E-state index contributed by atoms with van der Waals surface area (Å²) in [6.45, 7) is 4.46. The van der Waals surface area contributed by atoms with Crippen molar-refractivity contribution in [1.29, 1.82) is 0 Å². The number of nitrogens with zero attached hydrogens (tertiary/aromatic N) is 1. The zero-order valence-corrected chi connectivity index (χ0v) is 17.3. The molecule has 0 bridgehead atoms. The zero-order chi connectivity index (χ0) is 20.3. The number of amides is 1. The third-order valence-corrected chi connectivity index (χ3v) is 6.49. The normalized spacial score (nSPS) is 25.0. The highest BCUT2D eigenvalue weighted by Gasteiger charge is 2.51. The van der Waals surface area contributed by atoms with E-state index >= 15 is 0 Å². The Labute approximate surface area is 167 Å². The van der Waals surface area contributed by atoms with Crippen LogP contribution in [0.2, 0.25) is 0 Å². The van der Waals surface area contributed by atoms with Crippen molar-refractivity contribution in [1.82, 2.24) is 4.90 Å². The number of methoxy groups -OCH3 is 2. The van der Waals surface area contributed by atoms with Gasteiger partial charge in [-0.25, -0.2) is 4.79 Å². The average Bonchev–Trinajstić information content (AvgIpc) is 3.35. The van der Waals surface area contributed by atoms with Crippen molar-refractivity contribution < 1.29 is 23.8 Å². The molecule has 1 aliphatic carbocycles. The Morgan fingerprint density at radius 2 is 1.89 bits per heavy atom. The Balaban J connectivity index is 1.96. The molecule has 6 nitrogen and oxygen atoms in total. The molecule has 1 aliphatic heterocycles. The minimum Gasteiger partial charge on any atom is -0.493 e. The third kappa shape index (κ3) is 3.69. The second-order valence-corrected chi connectivity index (χ2v) is 7.90. The number of Topliss-reactive ketones (excluding diaryl/α,β-unsaturated/α-hetero) is 1. The first-order valence-corrected chi connectivity index (χ1v) is 10.1. The molecule has 1 aromatic carbocycles. The van der Waals surface area contributed by atoms with Crippen LogP contribution in [0.1, 0.15) is 57.4 Å². The number of hydrogen-bond acceptors (Lipinski definition) is 5. The van der Waals surface area contributed by atoms with Gasteiger partial charge in [-0.15, -0.1) is 0 Å². The fourth-order valence-electron chi connectivity index (χ4n) is 4.75. The lowest BCUT2D eigenvalue weighted by molar-refractivity contribution is -0.126. The molecule has 0 N–H and O–H groups in total. The molecule has 0 spiro atoms. The largest absolute Gasteiger partial charge is 0.493 e. The van der Waals surface area contributed by atoms with Crippen molar-refractivity contribution in [3.05, 3.63) is 23.8 Å². The quantitative estimate of drug-likeness (QED) is 0.731. The first-order valence-electron chi connectivity index (χ1n) is 10.1. The molecule has 1 aromatic rings. The first kappa shape index (κ1) is 20.5. The first-order chi connectivity index (χ1) is 13.4. The summed E-state index contributed by atoms with van der Waals surface area (Å²) in [7, 11) is 3.01. The summed E-state index contributed by atoms with van der Waals surface area (Å²) in [4.78, 5) is 26.5. The van der Waals surface area contributed by atoms with Crippen molar-refractivity contribution in [2.45, 2.75) is 58.0 Å². The van der Waals surface area contributed by atoms with Crippen LogP contribution in [0.25, 0.3) is 0 Å². The topological polar surface area (TPSA) is 65.1 Å². The third-order valence-electron chi connectivity index (χ3n) is 6.49. The van der Waals surface area contributed by atoms with Crippen LogP contribution >= 0.6 is 0 Å². The summed E-state index contributed by atoms with van der Waals surface area (Å²) in [5.74, 6) is 1.41. The number of ketones is 1. The van der Waals surface area contributed by atoms with Gasteiger partial charge in [-0.2, -0.15) is 0 Å². The molecule has 28 heavy (non-hydrogen) atoms. The molecule has 154 valence electrons. The second-order valence-electron chi connectivity index (χ2n) is 7.90. The van der Waals surface area contributed by atoms with E-state index in [9.17, 15) is 9.59 Å². The average molecular weight is 389 g/mol. The van der Waals surface area contributed by atoms with Crippen LogP contribution in [0.5, 0.6) is 11.5 Å². The molecular weight excluding hydrogens is 358 g/mol. The van der Waals surface area contributed by atoms with Crippen LogP contribution in [0.4, 0.5) is 4.79 Å². The van der Waals surface area contributed by atoms with Crippen LogP contribution in [-0.2, 0) is 9.53 Å². The Hall–Kier alpha value is -2.24. The smallest absolute Gasteiger partial charge is 0.409 e. The Morgan fingerprint density at radius 1 is 1.18 bits per heavy atom. The number of rotatable bonds is 6. The van der Waals surface area contributed by atoms with Gasteiger partial charge in [-0.05, 0) is 56.7 Å². The molecule has 1 saturated heterocycles. The highest BCUT2D eigenvalue weighted by atomic mass is 16.5. The standard InChI is InChI=1S/C22H31NO5/c1-5-22(15(2)24)14-23(21(25)27-4)13-18(22)16-10-11-19(26-3)20(12-16)28-17-8-6-7-9-17/h10-12,17-18H,5-9,13-14H2,1-4H3/t18-,22-/m0/s1. The lowest BCUT2D eigenvalue weighted by atomic mass is 9.70. The van der Waals surface area contributed by atoms with Gasteiger partial charge in [0.2, 0.25) is 0 Å². The predicted molar refractivity (Wildman–Crippen MR) is 106 cm³/mol. The van der Waals surface area contributed by atoms with E-state index in [0.29, 0.717) is 25.3 Å². The minimum absolute atomic E-state index is 0.0977. The van der Waals surface area contributed by atoms with E-state index in [1.807, 2.05) is 25.1 Å². The summed E-state index contributed by atoms with van der Waals surface area (Å²) in [5.41, 5.74) is 0.380. The van der Waals surface area contributed by atoms with E-state index in [0.717, 1.165) is 24.2 Å². The molecule has 0 radical (unpaired) electrons. The Kier molecular flexibility index (Phi) is 6.16. The van der Waals surface area contributed by atoms with Crippen LogP contribution in [0.3, 0.4) is 0 Å². The summed E-state index contributed by atoms with van der Waals surface area (Å²) >= 11 is 0. The van der Waals surface area contributed by atoms with Crippen LogP contribution in [-0.4, -0.2) is 50.2 Å². The summed E-state index contributed by atoms with van der Waals surface area (Å²) in [6, 6.07) is 5.88. The summed E-state index contributed by atoms with van der Waals surface area (Å²) in [5, 5.41) is 0. The monoisotopic (exact) mass is 389 g/mol. The van der Waals surface area contributed by atoms with Crippen LogP contribution in [0.15, 0.2) is 18.2 Å². The lowest BCUT2D eigenvalue weighted by Crippen LogP contribution is -2.37. The maximum Gasteiger partial charge on any atom is 0.409 e. The summed E-state index contributed by atoms with van der Waals surface area (Å²) in [6.07, 6.45) is 4.96. The van der Waals surface area contributed by atoms with E-state index in [1.54, 1.807) is 18.9 Å². The molecule has 1 saturated carbocycles. The highest BCUT2D eigenvalue weighted by Crippen LogP contribution is 2.48. The highest BCUT2D eigenvalue weighted by molar-refractivity contribution is 5.85. The summed E-state index contributed by atoms with van der Waals surface area (Å²) < 4.78 is 16.7. The molecule has 0 unspecified atom stereocenters. The van der Waals surface area contributed by atoms with Crippen molar-refractivity contribution >= 4 is 11.9 Å². The van der Waals surface area contributed by atoms with Crippen molar-refractivity contribution in [3.63, 3.8) is 0 Å². The maximum absolute atomic E-state index is 12.7. The molecule has 0 aromatic heterocycles. The number of ether oxygens (including phenoxy) is 3. The van der Waals surface area contributed by atoms with Gasteiger partial charge in [0, 0.05) is 19.0 Å². The van der Waals surface area contributed by atoms with E-state index in [-0.39, 0.29) is 17.8 Å². The Bertz CT molecular complexity index is 728. The number of hydrogen-bond donors (Lipinski definition) is 0. The van der Waals surface area contributed by atoms with Gasteiger partial charge in [0.15, 0.2) is 11.5 Å². The van der Waals surface area contributed by atoms with E-state index in [4.69, 9.17) is 14.2 Å². The van der Waals surface area contributed by atoms with Gasteiger partial charge in [-0.3, -0.25) is 4.79 Å².